The van der Waals surface area contributed by atoms with Crippen LogP contribution < -0.4 is 11.0 Å². The number of hydrazone groups is 1. The van der Waals surface area contributed by atoms with Gasteiger partial charge < -0.3 is 5.11 Å². The van der Waals surface area contributed by atoms with Crippen molar-refractivity contribution >= 4 is 22.6 Å². The number of nitrogens with one attached hydrogen (secondary N) is 1. The highest BCUT2D eigenvalue weighted by atomic mass is 19.1. The zero-order chi connectivity index (χ0) is 22.1. The SMILES string of the molecule is C/C(=N\Nc1nc2ccccc2c(=O)n1-c1cccc(C)c1C)c1cc(F)ccc1O. The van der Waals surface area contributed by atoms with Crippen LogP contribution in [0.1, 0.15) is 23.6 Å². The molecule has 0 bridgehead atoms. The van der Waals surface area contributed by atoms with Crippen molar-refractivity contribution in [1.82, 2.24) is 9.55 Å². The molecular formula is C24H21FN4O2. The monoisotopic (exact) mass is 416 g/mol. The Morgan fingerprint density at radius 2 is 1.87 bits per heavy atom. The molecule has 0 unspecified atom stereocenters. The number of para-hydroxylation sites is 1. The number of halogens is 1. The summed E-state index contributed by atoms with van der Waals surface area (Å²) in [5, 5.41) is 14.8. The minimum atomic E-state index is -0.488. The van der Waals surface area contributed by atoms with Crippen molar-refractivity contribution in [3.63, 3.8) is 0 Å². The molecule has 0 fully saturated rings. The highest BCUT2D eigenvalue weighted by Gasteiger charge is 2.15. The third-order valence-electron chi connectivity index (χ3n) is 5.26. The third kappa shape index (κ3) is 3.77. The summed E-state index contributed by atoms with van der Waals surface area (Å²) in [6, 6.07) is 16.4. The summed E-state index contributed by atoms with van der Waals surface area (Å²) in [6.45, 7) is 5.54. The van der Waals surface area contributed by atoms with Gasteiger partial charge in [0, 0.05) is 5.56 Å². The van der Waals surface area contributed by atoms with Gasteiger partial charge in [0.25, 0.3) is 5.56 Å². The van der Waals surface area contributed by atoms with Gasteiger partial charge in [-0.25, -0.2) is 19.4 Å². The quantitative estimate of drug-likeness (QED) is 0.374. The van der Waals surface area contributed by atoms with Crippen LogP contribution in [0, 0.1) is 19.7 Å². The topological polar surface area (TPSA) is 79.5 Å². The molecule has 1 heterocycles. The Hall–Kier alpha value is -4.00. The summed E-state index contributed by atoms with van der Waals surface area (Å²) in [4.78, 5) is 18.0. The highest BCUT2D eigenvalue weighted by Crippen LogP contribution is 2.22. The van der Waals surface area contributed by atoms with Crippen LogP contribution in [0.4, 0.5) is 10.3 Å². The molecule has 0 radical (unpaired) electrons. The van der Waals surface area contributed by atoms with Gasteiger partial charge in [0.05, 0.1) is 22.3 Å². The Morgan fingerprint density at radius 1 is 1.10 bits per heavy atom. The van der Waals surface area contributed by atoms with Gasteiger partial charge in [0.2, 0.25) is 5.95 Å². The molecule has 0 aliphatic heterocycles. The number of aromatic nitrogens is 2. The maximum Gasteiger partial charge on any atom is 0.267 e. The molecular weight excluding hydrogens is 395 g/mol. The smallest absolute Gasteiger partial charge is 0.267 e. The van der Waals surface area contributed by atoms with E-state index in [4.69, 9.17) is 0 Å². The predicted octanol–water partition coefficient (Wildman–Crippen LogP) is 4.68. The minimum absolute atomic E-state index is 0.0946. The average molecular weight is 416 g/mol. The summed E-state index contributed by atoms with van der Waals surface area (Å²) in [7, 11) is 0. The number of hydrogen-bond acceptors (Lipinski definition) is 5. The van der Waals surface area contributed by atoms with Crippen LogP contribution in [0.5, 0.6) is 5.75 Å². The first-order valence-corrected chi connectivity index (χ1v) is 9.74. The van der Waals surface area contributed by atoms with E-state index in [0.29, 0.717) is 22.3 Å². The molecule has 0 amide bonds. The van der Waals surface area contributed by atoms with Crippen LogP contribution in [0.25, 0.3) is 16.6 Å². The van der Waals surface area contributed by atoms with E-state index in [9.17, 15) is 14.3 Å². The van der Waals surface area contributed by atoms with Gasteiger partial charge in [0.1, 0.15) is 11.6 Å². The summed E-state index contributed by atoms with van der Waals surface area (Å²) >= 11 is 0. The second-order valence-corrected chi connectivity index (χ2v) is 7.28. The number of phenolic OH excluding ortho intramolecular Hbond substituents is 1. The Morgan fingerprint density at radius 3 is 2.68 bits per heavy atom. The number of benzene rings is 3. The number of anilines is 1. The van der Waals surface area contributed by atoms with Crippen molar-refractivity contribution in [2.45, 2.75) is 20.8 Å². The van der Waals surface area contributed by atoms with Gasteiger partial charge >= 0.3 is 0 Å². The molecule has 0 atom stereocenters. The van der Waals surface area contributed by atoms with Crippen LogP contribution in [0.2, 0.25) is 0 Å². The van der Waals surface area contributed by atoms with Gasteiger partial charge in [-0.05, 0) is 68.3 Å². The van der Waals surface area contributed by atoms with Crippen LogP contribution in [-0.2, 0) is 0 Å². The Balaban J connectivity index is 1.90. The van der Waals surface area contributed by atoms with E-state index in [1.807, 2.05) is 32.0 Å². The molecule has 2 N–H and O–H groups in total. The second kappa shape index (κ2) is 8.02. The largest absolute Gasteiger partial charge is 0.507 e. The normalized spacial score (nSPS) is 11.7. The predicted molar refractivity (Wildman–Crippen MR) is 121 cm³/mol. The maximum atomic E-state index is 13.6. The number of fused-ring (bicyclic) bond motifs is 1. The fourth-order valence-corrected chi connectivity index (χ4v) is 3.40. The van der Waals surface area contributed by atoms with Crippen molar-refractivity contribution in [3.8, 4) is 11.4 Å². The van der Waals surface area contributed by atoms with Crippen LogP contribution >= 0.6 is 0 Å². The number of nitrogens with zero attached hydrogens (tertiary/aromatic N) is 3. The fraction of sp³-hybridized carbons (Fsp3) is 0.125. The molecule has 7 heteroatoms. The zero-order valence-corrected chi connectivity index (χ0v) is 17.3. The lowest BCUT2D eigenvalue weighted by Crippen LogP contribution is -2.24. The van der Waals surface area contributed by atoms with E-state index >= 15 is 0 Å². The lowest BCUT2D eigenvalue weighted by molar-refractivity contribution is 0.472. The molecule has 6 nitrogen and oxygen atoms in total. The number of hydrogen-bond donors (Lipinski definition) is 2. The lowest BCUT2D eigenvalue weighted by Gasteiger charge is -2.16. The van der Waals surface area contributed by atoms with Gasteiger partial charge in [-0.1, -0.05) is 24.3 Å². The number of aryl methyl sites for hydroxylation is 1. The first-order chi connectivity index (χ1) is 14.9. The first-order valence-electron chi connectivity index (χ1n) is 9.74. The van der Waals surface area contributed by atoms with Crippen LogP contribution in [-0.4, -0.2) is 20.4 Å². The summed E-state index contributed by atoms with van der Waals surface area (Å²) in [5.74, 6) is -0.367. The summed E-state index contributed by atoms with van der Waals surface area (Å²) in [6.07, 6.45) is 0. The summed E-state index contributed by atoms with van der Waals surface area (Å²) < 4.78 is 15.1. The second-order valence-electron chi connectivity index (χ2n) is 7.28. The van der Waals surface area contributed by atoms with E-state index < -0.39 is 5.82 Å². The standard InChI is InChI=1S/C24H21FN4O2/c1-14-7-6-10-21(15(14)2)29-23(31)18-8-4-5-9-20(18)26-24(29)28-27-16(3)19-13-17(25)11-12-22(19)30/h4-13,30H,1-3H3,(H,26,28)/b27-16+. The molecule has 0 aliphatic rings. The van der Waals surface area contributed by atoms with Crippen LogP contribution in [0.15, 0.2) is 70.6 Å². The van der Waals surface area contributed by atoms with Crippen molar-refractivity contribution < 1.29 is 9.50 Å². The van der Waals surface area contributed by atoms with Crippen molar-refractivity contribution in [3.05, 3.63) is 93.5 Å². The Bertz CT molecular complexity index is 1390. The molecule has 156 valence electrons. The molecule has 3 aromatic carbocycles. The number of phenols is 1. The highest BCUT2D eigenvalue weighted by molar-refractivity contribution is 6.01. The molecule has 0 spiro atoms. The van der Waals surface area contributed by atoms with E-state index in [0.717, 1.165) is 11.1 Å². The molecule has 0 aliphatic carbocycles. The molecule has 1 aromatic heterocycles. The third-order valence-corrected chi connectivity index (χ3v) is 5.26. The molecule has 0 saturated heterocycles. The Labute approximate surface area is 178 Å². The lowest BCUT2D eigenvalue weighted by atomic mass is 10.1. The minimum Gasteiger partial charge on any atom is -0.507 e. The number of aromatic hydroxyl groups is 1. The maximum absolute atomic E-state index is 13.6. The van der Waals surface area contributed by atoms with Gasteiger partial charge in [-0.3, -0.25) is 4.79 Å². The zero-order valence-electron chi connectivity index (χ0n) is 17.3. The fourth-order valence-electron chi connectivity index (χ4n) is 3.40. The van der Waals surface area contributed by atoms with Crippen LogP contribution in [0.3, 0.4) is 0 Å². The van der Waals surface area contributed by atoms with Gasteiger partial charge in [-0.15, -0.1) is 0 Å². The van der Waals surface area contributed by atoms with E-state index in [2.05, 4.69) is 15.5 Å². The molecule has 4 rings (SSSR count). The molecule has 4 aromatic rings. The molecule has 0 saturated carbocycles. The van der Waals surface area contributed by atoms with Gasteiger partial charge in [-0.2, -0.15) is 5.10 Å². The van der Waals surface area contributed by atoms with E-state index in [1.54, 1.807) is 31.2 Å². The summed E-state index contributed by atoms with van der Waals surface area (Å²) in [5.41, 5.74) is 6.38. The average Bonchev–Trinajstić information content (AvgIpc) is 2.76. The number of rotatable bonds is 4. The Kier molecular flexibility index (Phi) is 5.25. The van der Waals surface area contributed by atoms with Crippen molar-refractivity contribution in [2.75, 3.05) is 5.43 Å². The van der Waals surface area contributed by atoms with E-state index in [1.165, 1.54) is 22.8 Å². The van der Waals surface area contributed by atoms with Gasteiger partial charge in [0.15, 0.2) is 0 Å². The molecule has 31 heavy (non-hydrogen) atoms. The first kappa shape index (κ1) is 20.3. The van der Waals surface area contributed by atoms with Crippen molar-refractivity contribution in [2.24, 2.45) is 5.10 Å². The van der Waals surface area contributed by atoms with E-state index in [-0.39, 0.29) is 22.8 Å². The van der Waals surface area contributed by atoms with Crippen molar-refractivity contribution in [1.29, 1.82) is 0 Å².